The third-order valence-electron chi connectivity index (χ3n) is 2.42. The van der Waals surface area contributed by atoms with Crippen molar-refractivity contribution in [3.05, 3.63) is 17.4 Å². The van der Waals surface area contributed by atoms with Crippen LogP contribution in [-0.2, 0) is 0 Å². The second-order valence-corrected chi connectivity index (χ2v) is 3.66. The number of aromatic hydroxyl groups is 1. The van der Waals surface area contributed by atoms with Crippen LogP contribution < -0.4 is 15.2 Å². The molecular formula is C10H12FNO4. The molecule has 1 heterocycles. The predicted octanol–water partition coefficient (Wildman–Crippen LogP) is 0.641. The minimum absolute atomic E-state index is 0.0671. The molecule has 6 heteroatoms. The smallest absolute Gasteiger partial charge is 0.231 e. The van der Waals surface area contributed by atoms with E-state index in [0.29, 0.717) is 0 Å². The molecule has 0 bridgehead atoms. The second-order valence-electron chi connectivity index (χ2n) is 3.66. The van der Waals surface area contributed by atoms with Crippen molar-refractivity contribution in [2.75, 3.05) is 6.79 Å². The third-order valence-corrected chi connectivity index (χ3v) is 2.42. The lowest BCUT2D eigenvalue weighted by molar-refractivity contribution is 0.139. The van der Waals surface area contributed by atoms with E-state index in [1.54, 1.807) is 0 Å². The van der Waals surface area contributed by atoms with Crippen molar-refractivity contribution in [1.29, 1.82) is 0 Å². The molecule has 2 rings (SSSR count). The first-order valence-corrected chi connectivity index (χ1v) is 4.77. The van der Waals surface area contributed by atoms with Gasteiger partial charge in [-0.3, -0.25) is 0 Å². The van der Waals surface area contributed by atoms with Crippen molar-refractivity contribution in [1.82, 2.24) is 0 Å². The zero-order valence-electron chi connectivity index (χ0n) is 8.61. The molecule has 0 saturated heterocycles. The van der Waals surface area contributed by atoms with Crippen molar-refractivity contribution < 1.29 is 24.1 Å². The molecular weight excluding hydrogens is 217 g/mol. The van der Waals surface area contributed by atoms with Gasteiger partial charge in [0.1, 0.15) is 6.10 Å². The Labute approximate surface area is 91.2 Å². The van der Waals surface area contributed by atoms with E-state index in [1.165, 1.54) is 6.92 Å². The number of nitrogens with two attached hydrogens (primary N) is 1. The van der Waals surface area contributed by atoms with Crippen LogP contribution in [0.4, 0.5) is 4.39 Å². The van der Waals surface area contributed by atoms with E-state index in [-0.39, 0.29) is 23.9 Å². The molecule has 0 fully saturated rings. The molecule has 1 aromatic rings. The average Bonchev–Trinajstić information content (AvgIpc) is 2.66. The molecule has 2 atom stereocenters. The summed E-state index contributed by atoms with van der Waals surface area (Å²) in [5.74, 6) is -1.23. The molecule has 0 aliphatic carbocycles. The zero-order valence-corrected chi connectivity index (χ0v) is 8.61. The Bertz CT molecular complexity index is 422. The van der Waals surface area contributed by atoms with Crippen LogP contribution in [0.25, 0.3) is 0 Å². The van der Waals surface area contributed by atoms with E-state index < -0.39 is 23.7 Å². The minimum Gasteiger partial charge on any atom is -0.504 e. The second kappa shape index (κ2) is 3.80. The summed E-state index contributed by atoms with van der Waals surface area (Å²) in [5.41, 5.74) is 5.43. The summed E-state index contributed by atoms with van der Waals surface area (Å²) in [6.07, 6.45) is -1.22. The highest BCUT2D eigenvalue weighted by Gasteiger charge is 2.30. The number of fused-ring (bicyclic) bond motifs is 1. The lowest BCUT2D eigenvalue weighted by Crippen LogP contribution is -2.24. The van der Waals surface area contributed by atoms with Gasteiger partial charge in [0, 0.05) is 12.1 Å². The van der Waals surface area contributed by atoms with Crippen LogP contribution in [0.15, 0.2) is 6.07 Å². The van der Waals surface area contributed by atoms with Gasteiger partial charge in [0.2, 0.25) is 6.79 Å². The molecule has 1 aromatic carbocycles. The Kier molecular flexibility index (Phi) is 2.61. The van der Waals surface area contributed by atoms with E-state index in [9.17, 15) is 14.6 Å². The van der Waals surface area contributed by atoms with Crippen LogP contribution in [0.3, 0.4) is 0 Å². The molecule has 16 heavy (non-hydrogen) atoms. The fraction of sp³-hybridized carbons (Fsp3) is 0.400. The Hall–Kier alpha value is -1.53. The Balaban J connectivity index is 2.58. The molecule has 5 nitrogen and oxygen atoms in total. The van der Waals surface area contributed by atoms with Gasteiger partial charge in [0.25, 0.3) is 0 Å². The maximum atomic E-state index is 13.3. The average molecular weight is 229 g/mol. The number of ether oxygens (including phenoxy) is 2. The number of benzene rings is 1. The fourth-order valence-electron chi connectivity index (χ4n) is 1.56. The van der Waals surface area contributed by atoms with Crippen molar-refractivity contribution >= 4 is 0 Å². The number of aliphatic hydroxyl groups excluding tert-OH is 1. The van der Waals surface area contributed by atoms with E-state index >= 15 is 0 Å². The summed E-state index contributed by atoms with van der Waals surface area (Å²) < 4.78 is 23.4. The van der Waals surface area contributed by atoms with E-state index in [2.05, 4.69) is 0 Å². The van der Waals surface area contributed by atoms with Gasteiger partial charge in [-0.1, -0.05) is 0 Å². The molecule has 1 aliphatic rings. The number of hydrogen-bond donors (Lipinski definition) is 3. The first kappa shape index (κ1) is 11.0. The molecule has 88 valence electrons. The molecule has 0 aromatic heterocycles. The molecule has 0 saturated carbocycles. The van der Waals surface area contributed by atoms with E-state index in [4.69, 9.17) is 15.2 Å². The van der Waals surface area contributed by atoms with Gasteiger partial charge >= 0.3 is 0 Å². The largest absolute Gasteiger partial charge is 0.504 e. The number of halogens is 1. The van der Waals surface area contributed by atoms with Gasteiger partial charge < -0.3 is 25.4 Å². The fourth-order valence-corrected chi connectivity index (χ4v) is 1.56. The molecule has 0 amide bonds. The Morgan fingerprint density at radius 2 is 2.19 bits per heavy atom. The molecule has 2 unspecified atom stereocenters. The lowest BCUT2D eigenvalue weighted by Gasteiger charge is -2.18. The van der Waals surface area contributed by atoms with Crippen molar-refractivity contribution in [3.63, 3.8) is 0 Å². The third kappa shape index (κ3) is 1.56. The maximum Gasteiger partial charge on any atom is 0.231 e. The highest BCUT2D eigenvalue weighted by molar-refractivity contribution is 5.56. The monoisotopic (exact) mass is 229 g/mol. The maximum absolute atomic E-state index is 13.3. The summed E-state index contributed by atoms with van der Waals surface area (Å²) in [6, 6.07) is 0.343. The SMILES string of the molecule is CC(N)C(O)c1c(O)c(F)cc2c1OCO2. The quantitative estimate of drug-likeness (QED) is 0.693. The number of phenols is 1. The summed E-state index contributed by atoms with van der Waals surface area (Å²) in [7, 11) is 0. The van der Waals surface area contributed by atoms with Crippen LogP contribution in [0, 0.1) is 5.82 Å². The Morgan fingerprint density at radius 1 is 1.50 bits per heavy atom. The normalized spacial score (nSPS) is 17.2. The number of hydrogen-bond acceptors (Lipinski definition) is 5. The molecule has 0 radical (unpaired) electrons. The zero-order chi connectivity index (χ0) is 11.9. The summed E-state index contributed by atoms with van der Waals surface area (Å²) in [6.45, 7) is 1.47. The Morgan fingerprint density at radius 3 is 2.81 bits per heavy atom. The van der Waals surface area contributed by atoms with Gasteiger partial charge in [-0.2, -0.15) is 0 Å². The summed E-state index contributed by atoms with van der Waals surface area (Å²) in [4.78, 5) is 0. The lowest BCUT2D eigenvalue weighted by atomic mass is 10.0. The topological polar surface area (TPSA) is 84.9 Å². The van der Waals surface area contributed by atoms with Crippen molar-refractivity contribution in [3.8, 4) is 17.2 Å². The summed E-state index contributed by atoms with van der Waals surface area (Å²) in [5, 5.41) is 19.3. The van der Waals surface area contributed by atoms with Crippen LogP contribution in [0.1, 0.15) is 18.6 Å². The first-order chi connectivity index (χ1) is 7.52. The highest BCUT2D eigenvalue weighted by atomic mass is 19.1. The summed E-state index contributed by atoms with van der Waals surface area (Å²) >= 11 is 0. The van der Waals surface area contributed by atoms with Gasteiger partial charge in [-0.15, -0.1) is 0 Å². The van der Waals surface area contributed by atoms with E-state index in [0.717, 1.165) is 6.07 Å². The van der Waals surface area contributed by atoms with Crippen molar-refractivity contribution in [2.45, 2.75) is 19.1 Å². The number of phenolic OH excluding ortho intramolecular Hbond substituents is 1. The molecule has 0 spiro atoms. The van der Waals surface area contributed by atoms with Gasteiger partial charge in [-0.25, -0.2) is 4.39 Å². The van der Waals surface area contributed by atoms with Crippen LogP contribution in [0.2, 0.25) is 0 Å². The van der Waals surface area contributed by atoms with Crippen molar-refractivity contribution in [2.24, 2.45) is 5.73 Å². The minimum atomic E-state index is -1.22. The molecule has 4 N–H and O–H groups in total. The van der Waals surface area contributed by atoms with Gasteiger partial charge in [0.15, 0.2) is 23.1 Å². The van der Waals surface area contributed by atoms with Gasteiger partial charge in [-0.05, 0) is 6.92 Å². The number of aliphatic hydroxyl groups is 1. The van der Waals surface area contributed by atoms with Crippen LogP contribution in [-0.4, -0.2) is 23.0 Å². The first-order valence-electron chi connectivity index (χ1n) is 4.77. The van der Waals surface area contributed by atoms with Crippen LogP contribution in [0.5, 0.6) is 17.2 Å². The van der Waals surface area contributed by atoms with Crippen LogP contribution >= 0.6 is 0 Å². The standard InChI is InChI=1S/C10H12FNO4/c1-4(12)8(13)7-9(14)5(11)2-6-10(7)16-3-15-6/h2,4,8,13-14H,3,12H2,1H3. The van der Waals surface area contributed by atoms with Gasteiger partial charge in [0.05, 0.1) is 5.56 Å². The number of rotatable bonds is 2. The highest BCUT2D eigenvalue weighted by Crippen LogP contribution is 2.45. The predicted molar refractivity (Wildman–Crippen MR) is 52.8 cm³/mol. The van der Waals surface area contributed by atoms with E-state index in [1.807, 2.05) is 0 Å². The molecule has 1 aliphatic heterocycles.